The van der Waals surface area contributed by atoms with E-state index in [0.29, 0.717) is 25.7 Å². The average Bonchev–Trinajstić information content (AvgIpc) is 3.81. The summed E-state index contributed by atoms with van der Waals surface area (Å²) in [6.45, 7) is 24.8. The number of aromatic nitrogens is 4. The lowest BCUT2D eigenvalue weighted by atomic mass is 10.0. The van der Waals surface area contributed by atoms with Crippen molar-refractivity contribution in [2.45, 2.75) is 81.1 Å². The molecule has 3 aromatic rings. The zero-order valence-corrected chi connectivity index (χ0v) is 35.8. The Morgan fingerprint density at radius 1 is 0.589 bits per heavy atom. The summed E-state index contributed by atoms with van der Waals surface area (Å²) in [5, 5.41) is 0. The summed E-state index contributed by atoms with van der Waals surface area (Å²) < 4.78 is 58.8. The Hall–Kier alpha value is -3.70. The third kappa shape index (κ3) is 9.69. The van der Waals surface area contributed by atoms with Crippen molar-refractivity contribution in [2.75, 3.05) is 39.6 Å². The van der Waals surface area contributed by atoms with Gasteiger partial charge in [0.05, 0.1) is 62.4 Å². The Labute approximate surface area is 330 Å². The van der Waals surface area contributed by atoms with E-state index >= 15 is 0 Å². The van der Waals surface area contributed by atoms with Crippen LogP contribution in [0, 0.1) is 13.8 Å². The van der Waals surface area contributed by atoms with Crippen molar-refractivity contribution in [3.63, 3.8) is 0 Å². The molecule has 2 N–H and O–H groups in total. The van der Waals surface area contributed by atoms with Gasteiger partial charge < -0.3 is 9.97 Å². The van der Waals surface area contributed by atoms with Crippen molar-refractivity contribution in [1.82, 2.24) is 19.9 Å². The van der Waals surface area contributed by atoms with Crippen LogP contribution in [0.3, 0.4) is 0 Å². The molecule has 0 unspecified atom stereocenters. The number of aryl methyl sites for hydroxylation is 3. The smallest absolute Gasteiger partial charge is 0.355 e. The van der Waals surface area contributed by atoms with Crippen LogP contribution in [-0.2, 0) is 42.7 Å². The minimum absolute atomic E-state index is 0.176. The number of nitrogens with one attached hydrogen (secondary N) is 2. The molecule has 0 saturated carbocycles. The van der Waals surface area contributed by atoms with E-state index in [1.54, 1.807) is 27.7 Å². The van der Waals surface area contributed by atoms with Crippen LogP contribution in [0.1, 0.15) is 106 Å². The summed E-state index contributed by atoms with van der Waals surface area (Å²) in [6.07, 6.45) is 6.04. The van der Waals surface area contributed by atoms with Gasteiger partial charge in [0.2, 0.25) is 0 Å². The third-order valence-electron chi connectivity index (χ3n) is 9.83. The van der Waals surface area contributed by atoms with Gasteiger partial charge in [-0.1, -0.05) is 25.3 Å². The van der Waals surface area contributed by atoms with Gasteiger partial charge >= 0.3 is 15.6 Å². The Balaban J connectivity index is 1.68. The molecule has 0 spiro atoms. The molecular formula is C42H56N4O8P2. The summed E-state index contributed by atoms with van der Waals surface area (Å²) >= 11 is 0. The molecule has 5 heterocycles. The predicted octanol–water partition coefficient (Wildman–Crippen LogP) is 11.7. The normalized spacial score (nSPS) is 13.6. The van der Waals surface area contributed by atoms with Crippen LogP contribution < -0.4 is 0 Å². The van der Waals surface area contributed by atoms with Gasteiger partial charge in [-0.25, -0.2) is 19.1 Å². The molecule has 14 heteroatoms. The Morgan fingerprint density at radius 2 is 1.07 bits per heavy atom. The highest BCUT2D eigenvalue weighted by atomic mass is 31.2. The molecule has 0 radical (unpaired) electrons. The lowest BCUT2D eigenvalue weighted by Crippen LogP contribution is -2.02. The van der Waals surface area contributed by atoms with E-state index in [0.717, 1.165) is 89.4 Å². The largest absolute Gasteiger partial charge is 0.474 e. The van der Waals surface area contributed by atoms with Crippen molar-refractivity contribution in [1.29, 1.82) is 0 Å². The van der Waals surface area contributed by atoms with Crippen molar-refractivity contribution < 1.29 is 36.3 Å². The number of H-pyrrole nitrogens is 2. The van der Waals surface area contributed by atoms with Crippen LogP contribution in [0.25, 0.3) is 50.4 Å². The Bertz CT molecular complexity index is 2270. The van der Waals surface area contributed by atoms with E-state index in [2.05, 4.69) is 75.1 Å². The zero-order valence-electron chi connectivity index (χ0n) is 34.0. The minimum Gasteiger partial charge on any atom is -0.355 e. The molecular weight excluding hydrogens is 750 g/mol. The van der Waals surface area contributed by atoms with Gasteiger partial charge in [-0.2, -0.15) is 0 Å². The van der Waals surface area contributed by atoms with Gasteiger partial charge in [-0.05, 0) is 139 Å². The van der Waals surface area contributed by atoms with E-state index < -0.39 is 15.6 Å². The molecule has 12 nitrogen and oxygen atoms in total. The number of phosphoric acid groups is 2. The first-order chi connectivity index (χ1) is 26.8. The maximum Gasteiger partial charge on any atom is 0.474 e. The second kappa shape index (κ2) is 19.2. The molecule has 0 amide bonds. The van der Waals surface area contributed by atoms with Crippen LogP contribution in [0.15, 0.2) is 43.5 Å². The van der Waals surface area contributed by atoms with E-state index in [-0.39, 0.29) is 39.6 Å². The second-order valence-electron chi connectivity index (χ2n) is 13.4. The van der Waals surface area contributed by atoms with Crippen LogP contribution >= 0.6 is 15.6 Å². The highest BCUT2D eigenvalue weighted by Crippen LogP contribution is 2.50. The molecule has 2 aliphatic heterocycles. The molecule has 8 bridgehead atoms. The van der Waals surface area contributed by atoms with Crippen LogP contribution in [-0.4, -0.2) is 59.6 Å². The van der Waals surface area contributed by atoms with Gasteiger partial charge in [0, 0.05) is 33.2 Å². The molecule has 3 aromatic heterocycles. The SMILES string of the molecule is C=CC1=C(C)c2cc3[nH]c(cc4nc(cc5[nH]c(cc1n2)c(C)c5C=C)C(C)=C4CCCOP(=O)(OCC)OCC)c(CCCOP(=O)(OCC)OCC)c3C. The maximum absolute atomic E-state index is 13.0. The highest BCUT2D eigenvalue weighted by molar-refractivity contribution is 7.48. The van der Waals surface area contributed by atoms with Gasteiger partial charge in [-0.3, -0.25) is 27.1 Å². The van der Waals surface area contributed by atoms with Crippen molar-refractivity contribution in [3.05, 3.63) is 88.5 Å². The lowest BCUT2D eigenvalue weighted by molar-refractivity contribution is 0.119. The van der Waals surface area contributed by atoms with Crippen LogP contribution in [0.2, 0.25) is 0 Å². The molecule has 5 rings (SSSR count). The quantitative estimate of drug-likeness (QED) is 0.0835. The van der Waals surface area contributed by atoms with E-state index in [1.165, 1.54) is 0 Å². The van der Waals surface area contributed by atoms with Crippen molar-refractivity contribution in [2.24, 2.45) is 0 Å². The second-order valence-corrected chi connectivity index (χ2v) is 16.7. The number of rotatable bonds is 20. The highest BCUT2D eigenvalue weighted by Gasteiger charge is 2.27. The topological polar surface area (TPSA) is 147 Å². The maximum atomic E-state index is 13.0. The van der Waals surface area contributed by atoms with Gasteiger partial charge in [0.1, 0.15) is 0 Å². The first kappa shape index (κ1) is 43.4. The van der Waals surface area contributed by atoms with Crippen LogP contribution in [0.4, 0.5) is 0 Å². The molecule has 0 aromatic carbocycles. The Morgan fingerprint density at radius 3 is 1.64 bits per heavy atom. The molecule has 0 saturated heterocycles. The van der Waals surface area contributed by atoms with E-state index in [1.807, 2.05) is 12.2 Å². The number of fused-ring (bicyclic) bond motifs is 8. The van der Waals surface area contributed by atoms with Crippen molar-refractivity contribution >= 4 is 66.1 Å². The average molecular weight is 807 g/mol. The fraction of sp³-hybridized carbons (Fsp3) is 0.429. The molecule has 0 fully saturated rings. The molecule has 0 aliphatic carbocycles. The summed E-state index contributed by atoms with van der Waals surface area (Å²) in [7, 11) is -7.30. The first-order valence-electron chi connectivity index (χ1n) is 19.3. The van der Waals surface area contributed by atoms with E-state index in [9.17, 15) is 9.13 Å². The molecule has 302 valence electrons. The number of hydrogen-bond acceptors (Lipinski definition) is 10. The summed E-state index contributed by atoms with van der Waals surface area (Å²) in [4.78, 5) is 17.6. The monoisotopic (exact) mass is 806 g/mol. The molecule has 2 aliphatic rings. The van der Waals surface area contributed by atoms with Crippen LogP contribution in [0.5, 0.6) is 0 Å². The Kier molecular flexibility index (Phi) is 14.9. The lowest BCUT2D eigenvalue weighted by Gasteiger charge is -2.16. The number of aromatic amines is 2. The number of nitrogens with zero attached hydrogens (tertiary/aromatic N) is 2. The number of allylic oxidation sites excluding steroid dienone is 5. The predicted molar refractivity (Wildman–Crippen MR) is 227 cm³/mol. The zero-order chi connectivity index (χ0) is 40.6. The summed E-state index contributed by atoms with van der Waals surface area (Å²) in [6, 6.07) is 8.29. The fourth-order valence-corrected chi connectivity index (χ4v) is 9.43. The molecule has 0 atom stereocenters. The first-order valence-corrected chi connectivity index (χ1v) is 22.2. The fourth-order valence-electron chi connectivity index (χ4n) is 7.01. The van der Waals surface area contributed by atoms with Gasteiger partial charge in [-0.15, -0.1) is 0 Å². The van der Waals surface area contributed by atoms with Gasteiger partial charge in [0.15, 0.2) is 0 Å². The summed E-state index contributed by atoms with van der Waals surface area (Å²) in [5.41, 5.74) is 15.1. The standard InChI is InChI=1S/C42H56N4O8P2/c1-11-31-27(7)35-23-36-29(9)33(19-17-21-53-55(47,49-13-3)50-14-4)41(45-36)26-42-34(20-18-22-54-56(48,51-15-5)52-16-6)30(10)38(46-42)25-40-32(12-2)28(8)37(44-40)24-39(31)43-35/h11-12,23-26,44-45H,1-2,13-22H2,3-10H3. The minimum atomic E-state index is -3.65. The van der Waals surface area contributed by atoms with E-state index in [4.69, 9.17) is 37.1 Å². The molecule has 56 heavy (non-hydrogen) atoms. The van der Waals surface area contributed by atoms with Crippen molar-refractivity contribution in [3.8, 4) is 0 Å². The van der Waals surface area contributed by atoms with Gasteiger partial charge in [0.25, 0.3) is 0 Å². The number of hydrogen-bond donors (Lipinski definition) is 2. The third-order valence-corrected chi connectivity index (χ3v) is 13.1. The number of phosphoric ester groups is 2. The summed E-state index contributed by atoms with van der Waals surface area (Å²) in [5.74, 6) is 0.